The molecule has 1 atom stereocenters. The Morgan fingerprint density at radius 1 is 1.20 bits per heavy atom. The maximum atomic E-state index is 13.2. The molecule has 1 saturated heterocycles. The van der Waals surface area contributed by atoms with E-state index >= 15 is 0 Å². The van der Waals surface area contributed by atoms with Crippen LogP contribution in [0.3, 0.4) is 0 Å². The van der Waals surface area contributed by atoms with Crippen LogP contribution in [0.1, 0.15) is 24.4 Å². The van der Waals surface area contributed by atoms with Gasteiger partial charge in [0.1, 0.15) is 5.82 Å². The molecule has 0 aromatic heterocycles. The van der Waals surface area contributed by atoms with Gasteiger partial charge in [-0.25, -0.2) is 4.39 Å². The lowest BCUT2D eigenvalue weighted by Crippen LogP contribution is -2.45. The Bertz CT molecular complexity index is 434. The summed E-state index contributed by atoms with van der Waals surface area (Å²) in [5.41, 5.74) is 1.10. The summed E-state index contributed by atoms with van der Waals surface area (Å²) in [6, 6.07) is 5.20. The van der Waals surface area contributed by atoms with Crippen molar-refractivity contribution in [1.82, 2.24) is 10.2 Å². The first-order chi connectivity index (χ1) is 8.75. The van der Waals surface area contributed by atoms with Crippen molar-refractivity contribution in [3.05, 3.63) is 34.6 Å². The molecule has 1 aromatic carbocycles. The quantitative estimate of drug-likeness (QED) is 0.902. The van der Waals surface area contributed by atoms with E-state index in [1.165, 1.54) is 25.0 Å². The minimum atomic E-state index is -0.251. The second kappa shape index (κ2) is 7.81. The van der Waals surface area contributed by atoms with Gasteiger partial charge in [-0.15, -0.1) is 24.8 Å². The normalized spacial score (nSPS) is 20.7. The molecule has 1 aromatic rings. The van der Waals surface area contributed by atoms with Crippen molar-refractivity contribution in [2.24, 2.45) is 5.92 Å². The molecule has 1 N–H and O–H groups in total. The SMILES string of the molecule is Cl.Cl.Fc1ccc([C@@H](C2CC2)N2CCNCC2)c(Cl)c1. The third-order valence-corrected chi connectivity index (χ3v) is 4.22. The van der Waals surface area contributed by atoms with Gasteiger partial charge in [-0.1, -0.05) is 17.7 Å². The van der Waals surface area contributed by atoms with Gasteiger partial charge >= 0.3 is 0 Å². The standard InChI is InChI=1S/C14H18ClFN2.2ClH/c15-13-9-11(16)3-4-12(13)14(10-1-2-10)18-7-5-17-6-8-18;;/h3-4,9-10,14,17H,1-2,5-8H2;2*1H/t14-;;/m1../s1. The van der Waals surface area contributed by atoms with Gasteiger partial charge in [-0.2, -0.15) is 0 Å². The van der Waals surface area contributed by atoms with Gasteiger partial charge in [0.25, 0.3) is 0 Å². The van der Waals surface area contributed by atoms with Crippen LogP contribution in [-0.2, 0) is 0 Å². The molecule has 20 heavy (non-hydrogen) atoms. The first kappa shape index (κ1) is 18.0. The highest BCUT2D eigenvalue weighted by molar-refractivity contribution is 6.31. The van der Waals surface area contributed by atoms with Crippen LogP contribution in [0.2, 0.25) is 5.02 Å². The topological polar surface area (TPSA) is 15.3 Å². The first-order valence-electron chi connectivity index (χ1n) is 6.65. The maximum absolute atomic E-state index is 13.2. The van der Waals surface area contributed by atoms with E-state index in [1.54, 1.807) is 0 Å². The Morgan fingerprint density at radius 2 is 1.85 bits per heavy atom. The molecule has 1 heterocycles. The van der Waals surface area contributed by atoms with Gasteiger partial charge in [0, 0.05) is 37.2 Å². The lowest BCUT2D eigenvalue weighted by molar-refractivity contribution is 0.156. The van der Waals surface area contributed by atoms with E-state index < -0.39 is 0 Å². The fourth-order valence-corrected chi connectivity index (χ4v) is 3.14. The minimum Gasteiger partial charge on any atom is -0.314 e. The smallest absolute Gasteiger partial charge is 0.124 e. The summed E-state index contributed by atoms with van der Waals surface area (Å²) in [6.07, 6.45) is 2.53. The fourth-order valence-electron chi connectivity index (χ4n) is 2.86. The zero-order valence-corrected chi connectivity index (χ0v) is 13.5. The summed E-state index contributed by atoms with van der Waals surface area (Å²) in [6.45, 7) is 4.16. The van der Waals surface area contributed by atoms with Crippen molar-refractivity contribution < 1.29 is 4.39 Å². The van der Waals surface area contributed by atoms with Crippen molar-refractivity contribution in [2.45, 2.75) is 18.9 Å². The average molecular weight is 342 g/mol. The summed E-state index contributed by atoms with van der Waals surface area (Å²) in [4.78, 5) is 2.49. The molecule has 2 aliphatic rings. The monoisotopic (exact) mass is 340 g/mol. The lowest BCUT2D eigenvalue weighted by Gasteiger charge is -2.35. The summed E-state index contributed by atoms with van der Waals surface area (Å²) < 4.78 is 13.2. The molecule has 0 amide bonds. The van der Waals surface area contributed by atoms with Crippen molar-refractivity contribution in [2.75, 3.05) is 26.2 Å². The molecule has 1 aliphatic carbocycles. The predicted octanol–water partition coefficient (Wildman–Crippen LogP) is 3.68. The van der Waals surface area contributed by atoms with E-state index in [1.807, 2.05) is 6.07 Å². The number of halogens is 4. The maximum Gasteiger partial charge on any atom is 0.124 e. The molecular weight excluding hydrogens is 322 g/mol. The lowest BCUT2D eigenvalue weighted by atomic mass is 9.99. The number of nitrogens with zero attached hydrogens (tertiary/aromatic N) is 1. The van der Waals surface area contributed by atoms with Crippen LogP contribution in [0.25, 0.3) is 0 Å². The van der Waals surface area contributed by atoms with E-state index in [0.717, 1.165) is 31.7 Å². The van der Waals surface area contributed by atoms with Crippen molar-refractivity contribution in [3.63, 3.8) is 0 Å². The van der Waals surface area contributed by atoms with E-state index in [0.29, 0.717) is 17.0 Å². The number of hydrogen-bond donors (Lipinski definition) is 1. The predicted molar refractivity (Wildman–Crippen MR) is 85.8 cm³/mol. The van der Waals surface area contributed by atoms with Gasteiger partial charge in [0.2, 0.25) is 0 Å². The Balaban J connectivity index is 0.000001000. The molecule has 1 aliphatic heterocycles. The van der Waals surface area contributed by atoms with Crippen LogP contribution in [0.15, 0.2) is 18.2 Å². The molecule has 0 radical (unpaired) electrons. The van der Waals surface area contributed by atoms with Gasteiger partial charge in [-0.3, -0.25) is 4.90 Å². The van der Waals surface area contributed by atoms with Crippen molar-refractivity contribution >= 4 is 36.4 Å². The second-order valence-electron chi connectivity index (χ2n) is 5.23. The van der Waals surface area contributed by atoms with Crippen molar-refractivity contribution in [1.29, 1.82) is 0 Å². The fraction of sp³-hybridized carbons (Fsp3) is 0.571. The summed E-state index contributed by atoms with van der Waals surface area (Å²) >= 11 is 6.23. The van der Waals surface area contributed by atoms with Gasteiger partial charge in [0.15, 0.2) is 0 Å². The highest BCUT2D eigenvalue weighted by atomic mass is 35.5. The third-order valence-electron chi connectivity index (χ3n) is 3.89. The molecule has 0 unspecified atom stereocenters. The van der Waals surface area contributed by atoms with Gasteiger partial charge in [-0.05, 0) is 36.5 Å². The van der Waals surface area contributed by atoms with Crippen LogP contribution in [0, 0.1) is 11.7 Å². The summed E-state index contributed by atoms with van der Waals surface area (Å²) in [5.74, 6) is 0.449. The average Bonchev–Trinajstić information content (AvgIpc) is 3.18. The first-order valence-corrected chi connectivity index (χ1v) is 7.03. The van der Waals surface area contributed by atoms with E-state index in [2.05, 4.69) is 10.2 Å². The van der Waals surface area contributed by atoms with Gasteiger partial charge < -0.3 is 5.32 Å². The number of rotatable bonds is 3. The third kappa shape index (κ3) is 3.99. The highest BCUT2D eigenvalue weighted by Crippen LogP contribution is 2.46. The summed E-state index contributed by atoms with van der Waals surface area (Å²) in [5, 5.41) is 3.94. The Hall–Kier alpha value is -0.0600. The number of nitrogens with one attached hydrogen (secondary N) is 1. The minimum absolute atomic E-state index is 0. The highest BCUT2D eigenvalue weighted by Gasteiger charge is 2.37. The van der Waals surface area contributed by atoms with Crippen LogP contribution in [0.4, 0.5) is 4.39 Å². The molecule has 0 bridgehead atoms. The number of benzene rings is 1. The molecule has 2 fully saturated rings. The molecular formula is C14H20Cl3FN2. The number of piperazine rings is 1. The van der Waals surface area contributed by atoms with Crippen LogP contribution in [-0.4, -0.2) is 31.1 Å². The Kier molecular flexibility index (Phi) is 7.02. The molecule has 114 valence electrons. The summed E-state index contributed by atoms with van der Waals surface area (Å²) in [7, 11) is 0. The Labute approximate surface area is 136 Å². The van der Waals surface area contributed by atoms with E-state index in [-0.39, 0.29) is 30.6 Å². The zero-order valence-electron chi connectivity index (χ0n) is 11.1. The molecule has 1 saturated carbocycles. The van der Waals surface area contributed by atoms with Crippen LogP contribution >= 0.6 is 36.4 Å². The largest absolute Gasteiger partial charge is 0.314 e. The Morgan fingerprint density at radius 3 is 2.40 bits per heavy atom. The van der Waals surface area contributed by atoms with Crippen LogP contribution in [0.5, 0.6) is 0 Å². The second-order valence-corrected chi connectivity index (χ2v) is 5.64. The number of hydrogen-bond acceptors (Lipinski definition) is 2. The zero-order chi connectivity index (χ0) is 12.5. The van der Waals surface area contributed by atoms with Crippen LogP contribution < -0.4 is 5.32 Å². The van der Waals surface area contributed by atoms with Gasteiger partial charge in [0.05, 0.1) is 0 Å². The molecule has 3 rings (SSSR count). The van der Waals surface area contributed by atoms with Crippen molar-refractivity contribution in [3.8, 4) is 0 Å². The molecule has 0 spiro atoms. The van der Waals surface area contributed by atoms with E-state index in [9.17, 15) is 4.39 Å². The molecule has 2 nitrogen and oxygen atoms in total. The molecule has 6 heteroatoms. The van der Waals surface area contributed by atoms with E-state index in [4.69, 9.17) is 11.6 Å².